The van der Waals surface area contributed by atoms with Crippen molar-refractivity contribution in [1.82, 2.24) is 5.43 Å². The largest absolute Gasteiger partial charge is 0.399 e. The highest BCUT2D eigenvalue weighted by atomic mass is 35.5. The summed E-state index contributed by atoms with van der Waals surface area (Å²) in [6, 6.07) is 6.88. The molecule has 3 N–H and O–H groups in total. The van der Waals surface area contributed by atoms with Gasteiger partial charge in [0.1, 0.15) is 0 Å². The summed E-state index contributed by atoms with van der Waals surface area (Å²) in [7, 11) is 0. The summed E-state index contributed by atoms with van der Waals surface area (Å²) in [5.41, 5.74) is 10.8. The van der Waals surface area contributed by atoms with Crippen LogP contribution in [0.3, 0.4) is 0 Å². The number of hydrogen-bond acceptors (Lipinski definition) is 3. The van der Waals surface area contributed by atoms with Crippen molar-refractivity contribution in [1.29, 1.82) is 0 Å². The van der Waals surface area contributed by atoms with Crippen molar-refractivity contribution >= 4 is 28.9 Å². The number of rotatable bonds is 2. The fourth-order valence-corrected chi connectivity index (χ4v) is 5.26. The average molecular weight is 318 g/mol. The molecule has 1 aromatic carbocycles. The number of amides is 1. The highest BCUT2D eigenvalue weighted by Crippen LogP contribution is 2.57. The maximum Gasteiger partial charge on any atom is 0.271 e. The van der Waals surface area contributed by atoms with Crippen LogP contribution in [0.25, 0.3) is 0 Å². The molecule has 4 fully saturated rings. The molecule has 4 saturated carbocycles. The van der Waals surface area contributed by atoms with Crippen LogP contribution in [0.4, 0.5) is 5.69 Å². The molecule has 1 amide bonds. The SMILES string of the molecule is Nc1ccc(C(=O)NN=C2C3CC4CC2CC(Cl)(C4)C3)cc1. The summed E-state index contributed by atoms with van der Waals surface area (Å²) in [6.45, 7) is 0. The molecule has 1 aromatic rings. The van der Waals surface area contributed by atoms with Gasteiger partial charge in [0.25, 0.3) is 5.91 Å². The lowest BCUT2D eigenvalue weighted by Gasteiger charge is -2.54. The lowest BCUT2D eigenvalue weighted by atomic mass is 9.55. The van der Waals surface area contributed by atoms with Crippen molar-refractivity contribution in [3.8, 4) is 0 Å². The molecule has 2 atom stereocenters. The molecule has 2 unspecified atom stereocenters. The molecular weight excluding hydrogens is 298 g/mol. The number of benzene rings is 1. The number of carbonyl (C=O) groups excluding carboxylic acids is 1. The van der Waals surface area contributed by atoms with Gasteiger partial charge in [0.2, 0.25) is 0 Å². The fourth-order valence-electron chi connectivity index (χ4n) is 4.67. The first-order valence-electron chi connectivity index (χ1n) is 7.95. The number of nitrogen functional groups attached to an aromatic ring is 1. The number of hydrazone groups is 1. The number of nitrogens with zero attached hydrogens (tertiary/aromatic N) is 1. The molecule has 5 rings (SSSR count). The number of hydrogen-bond donors (Lipinski definition) is 2. The summed E-state index contributed by atoms with van der Waals surface area (Å²) in [6.07, 6.45) is 5.55. The maximum atomic E-state index is 12.2. The van der Waals surface area contributed by atoms with Crippen molar-refractivity contribution in [2.75, 3.05) is 5.73 Å². The van der Waals surface area contributed by atoms with E-state index in [4.69, 9.17) is 17.3 Å². The highest BCUT2D eigenvalue weighted by Gasteiger charge is 2.53. The Kier molecular flexibility index (Phi) is 3.19. The monoisotopic (exact) mass is 317 g/mol. The predicted molar refractivity (Wildman–Crippen MR) is 87.9 cm³/mol. The Labute approximate surface area is 135 Å². The third-order valence-corrected chi connectivity index (χ3v) is 5.87. The third-order valence-electron chi connectivity index (χ3n) is 5.41. The van der Waals surface area contributed by atoms with Gasteiger partial charge in [0.15, 0.2) is 0 Å². The number of anilines is 1. The van der Waals surface area contributed by atoms with E-state index < -0.39 is 0 Å². The molecule has 0 saturated heterocycles. The maximum absolute atomic E-state index is 12.2. The summed E-state index contributed by atoms with van der Waals surface area (Å²) in [5, 5.41) is 4.48. The lowest BCUT2D eigenvalue weighted by Crippen LogP contribution is -2.53. The second-order valence-electron chi connectivity index (χ2n) is 7.09. The molecule has 0 heterocycles. The van der Waals surface area contributed by atoms with Crippen LogP contribution in [0.15, 0.2) is 29.4 Å². The zero-order valence-electron chi connectivity index (χ0n) is 12.4. The first kappa shape index (κ1) is 14.1. The summed E-state index contributed by atoms with van der Waals surface area (Å²) < 4.78 is 0. The number of carbonyl (C=O) groups is 1. The lowest BCUT2D eigenvalue weighted by molar-refractivity contribution is 0.0949. The Balaban J connectivity index is 1.49. The van der Waals surface area contributed by atoms with E-state index in [1.165, 1.54) is 12.8 Å². The van der Waals surface area contributed by atoms with Crippen LogP contribution in [0.1, 0.15) is 42.5 Å². The van der Waals surface area contributed by atoms with E-state index >= 15 is 0 Å². The minimum Gasteiger partial charge on any atom is -0.399 e. The van der Waals surface area contributed by atoms with Gasteiger partial charge in [-0.1, -0.05) is 0 Å². The van der Waals surface area contributed by atoms with Crippen molar-refractivity contribution in [3.05, 3.63) is 29.8 Å². The zero-order chi connectivity index (χ0) is 15.3. The van der Waals surface area contributed by atoms with E-state index in [1.54, 1.807) is 24.3 Å². The quantitative estimate of drug-likeness (QED) is 0.500. The minimum atomic E-state index is -0.179. The molecule has 0 aromatic heterocycles. The first-order chi connectivity index (χ1) is 10.5. The number of alkyl halides is 1. The Hall–Kier alpha value is -1.55. The van der Waals surface area contributed by atoms with Crippen LogP contribution in [0, 0.1) is 17.8 Å². The van der Waals surface area contributed by atoms with Crippen molar-refractivity contribution < 1.29 is 4.79 Å². The molecule has 4 bridgehead atoms. The first-order valence-corrected chi connectivity index (χ1v) is 8.32. The Bertz CT molecular complexity index is 622. The van der Waals surface area contributed by atoms with Gasteiger partial charge in [-0.2, -0.15) is 5.10 Å². The van der Waals surface area contributed by atoms with Crippen molar-refractivity contribution in [2.24, 2.45) is 22.9 Å². The van der Waals surface area contributed by atoms with E-state index in [-0.39, 0.29) is 10.8 Å². The van der Waals surface area contributed by atoms with Crippen LogP contribution in [-0.2, 0) is 0 Å². The topological polar surface area (TPSA) is 67.5 Å². The second-order valence-corrected chi connectivity index (χ2v) is 7.90. The number of halogens is 1. The summed E-state index contributed by atoms with van der Waals surface area (Å²) in [4.78, 5) is 12.2. The molecule has 0 radical (unpaired) electrons. The number of nitrogens with two attached hydrogens (primary N) is 1. The van der Waals surface area contributed by atoms with E-state index in [9.17, 15) is 4.79 Å². The van der Waals surface area contributed by atoms with E-state index in [1.807, 2.05) is 0 Å². The van der Waals surface area contributed by atoms with Crippen molar-refractivity contribution in [2.45, 2.75) is 37.0 Å². The molecule has 0 spiro atoms. The van der Waals surface area contributed by atoms with Crippen LogP contribution < -0.4 is 11.2 Å². The molecule has 4 aliphatic carbocycles. The molecule has 4 nitrogen and oxygen atoms in total. The number of nitrogens with one attached hydrogen (secondary N) is 1. The standard InChI is InChI=1S/C17H20ClN3O/c18-17-7-10-5-12(8-17)15(13(6-10)9-17)20-21-16(22)11-1-3-14(19)4-2-11/h1-4,10,12-13H,5-9,19H2,(H,21,22). The molecule has 22 heavy (non-hydrogen) atoms. The van der Waals surface area contributed by atoms with Crippen LogP contribution >= 0.6 is 11.6 Å². The smallest absolute Gasteiger partial charge is 0.271 e. The molecular formula is C17H20ClN3O. The summed E-state index contributed by atoms with van der Waals surface area (Å²) >= 11 is 6.72. The van der Waals surface area contributed by atoms with Crippen LogP contribution in [0.5, 0.6) is 0 Å². The average Bonchev–Trinajstić information content (AvgIpc) is 2.45. The van der Waals surface area contributed by atoms with E-state index in [0.717, 1.165) is 30.9 Å². The van der Waals surface area contributed by atoms with Gasteiger partial charge >= 0.3 is 0 Å². The van der Waals surface area contributed by atoms with Gasteiger partial charge in [-0.25, -0.2) is 5.43 Å². The second kappa shape index (κ2) is 4.98. The van der Waals surface area contributed by atoms with Gasteiger partial charge in [0, 0.05) is 33.7 Å². The van der Waals surface area contributed by atoms with Crippen LogP contribution in [-0.4, -0.2) is 16.5 Å². The van der Waals surface area contributed by atoms with E-state index in [0.29, 0.717) is 23.1 Å². The van der Waals surface area contributed by atoms with Gasteiger partial charge in [0.05, 0.1) is 0 Å². The van der Waals surface area contributed by atoms with Crippen LogP contribution in [0.2, 0.25) is 0 Å². The normalized spacial score (nSPS) is 35.5. The molecule has 116 valence electrons. The van der Waals surface area contributed by atoms with Crippen molar-refractivity contribution in [3.63, 3.8) is 0 Å². The highest BCUT2D eigenvalue weighted by molar-refractivity contribution is 6.25. The van der Waals surface area contributed by atoms with Gasteiger partial charge in [-0.15, -0.1) is 11.6 Å². The van der Waals surface area contributed by atoms with Gasteiger partial charge < -0.3 is 5.73 Å². The summed E-state index contributed by atoms with van der Waals surface area (Å²) in [5.74, 6) is 1.48. The minimum absolute atomic E-state index is 0.00349. The Morgan fingerprint density at radius 3 is 2.41 bits per heavy atom. The van der Waals surface area contributed by atoms with E-state index in [2.05, 4.69) is 10.5 Å². The van der Waals surface area contributed by atoms with Gasteiger partial charge in [-0.05, 0) is 62.3 Å². The zero-order valence-corrected chi connectivity index (χ0v) is 13.1. The molecule has 5 heteroatoms. The molecule has 0 aliphatic heterocycles. The fraction of sp³-hybridized carbons (Fsp3) is 0.529. The third kappa shape index (κ3) is 2.39. The Morgan fingerprint density at radius 1 is 1.18 bits per heavy atom. The molecule has 4 aliphatic rings. The Morgan fingerprint density at radius 2 is 1.82 bits per heavy atom. The van der Waals surface area contributed by atoms with Gasteiger partial charge in [-0.3, -0.25) is 4.79 Å². The predicted octanol–water partition coefficient (Wildman–Crippen LogP) is 3.17.